The maximum atomic E-state index is 14.1. The molecule has 9 rings (SSSR count). The summed E-state index contributed by atoms with van der Waals surface area (Å²) < 4.78 is 66.8. The molecule has 0 radical (unpaired) electrons. The molecule has 0 aromatic heterocycles. The molecule has 0 spiro atoms. The van der Waals surface area contributed by atoms with Crippen molar-refractivity contribution in [1.82, 2.24) is 15.5 Å². The number of esters is 1. The number of alkyl halides is 3. The van der Waals surface area contributed by atoms with E-state index in [-0.39, 0.29) is 56.6 Å². The molecule has 7 aliphatic rings. The predicted octanol–water partition coefficient (Wildman–Crippen LogP) is 10.3. The van der Waals surface area contributed by atoms with Gasteiger partial charge in [-0.05, 0) is 133 Å². The van der Waals surface area contributed by atoms with Gasteiger partial charge < -0.3 is 15.4 Å². The second-order valence-corrected chi connectivity index (χ2v) is 23.9. The maximum Gasteiger partial charge on any atom is 0.442 e. The molecular formula is C49H66F3N5O5S. The van der Waals surface area contributed by atoms with E-state index in [4.69, 9.17) is 4.74 Å². The van der Waals surface area contributed by atoms with Crippen LogP contribution in [0.4, 0.5) is 13.2 Å². The summed E-state index contributed by atoms with van der Waals surface area (Å²) >= 11 is 0. The lowest BCUT2D eigenvalue weighted by atomic mass is 9.33. The van der Waals surface area contributed by atoms with Gasteiger partial charge in [0.2, 0.25) is 0 Å². The molecule has 344 valence electrons. The summed E-state index contributed by atoms with van der Waals surface area (Å²) in [5.41, 5.74) is 0.674. The van der Waals surface area contributed by atoms with Crippen LogP contribution in [0.5, 0.6) is 0 Å². The number of carbonyl (C=O) groups is 2. The van der Waals surface area contributed by atoms with E-state index in [9.17, 15) is 31.9 Å². The fraction of sp³-hybridized carbons (Fsp3) is 0.673. The number of hydrogen-bond acceptors (Lipinski definition) is 9. The van der Waals surface area contributed by atoms with E-state index in [1.807, 2.05) is 12.1 Å². The first-order chi connectivity index (χ1) is 29.6. The molecular weight excluding hydrogens is 828 g/mol. The summed E-state index contributed by atoms with van der Waals surface area (Å²) in [6.45, 7) is 15.5. The fourth-order valence-electron chi connectivity index (χ4n) is 15.1. The minimum Gasteiger partial charge on any atom is -0.465 e. The lowest BCUT2D eigenvalue weighted by Gasteiger charge is -2.72. The third kappa shape index (κ3) is 7.13. The van der Waals surface area contributed by atoms with Crippen LogP contribution in [-0.4, -0.2) is 88.4 Å². The molecule has 4 N–H and O–H groups in total. The molecule has 2 aromatic carbocycles. The molecule has 2 aliphatic heterocycles. The zero-order chi connectivity index (χ0) is 45.0. The van der Waals surface area contributed by atoms with Crippen molar-refractivity contribution in [1.29, 1.82) is 0 Å². The van der Waals surface area contributed by atoms with Crippen molar-refractivity contribution < 1.29 is 36.6 Å². The Kier molecular flexibility index (Phi) is 11.0. The average molecular weight is 894 g/mol. The number of hydrogen-bond donors (Lipinski definition) is 4. The number of amides is 1. The van der Waals surface area contributed by atoms with Crippen molar-refractivity contribution in [2.24, 2.45) is 55.6 Å². The number of nitrogens with zero attached hydrogens (tertiary/aromatic N) is 3. The Morgan fingerprint density at radius 1 is 0.841 bits per heavy atom. The zero-order valence-corrected chi connectivity index (χ0v) is 38.5. The molecule has 4 saturated carbocycles. The number of rotatable bonds is 9. The van der Waals surface area contributed by atoms with Crippen LogP contribution in [-0.2, 0) is 10.4 Å². The Morgan fingerprint density at radius 2 is 1.51 bits per heavy atom. The first-order valence-corrected chi connectivity index (χ1v) is 25.0. The third-order valence-corrected chi connectivity index (χ3v) is 20.2. The molecule has 10 nitrogen and oxygen atoms in total. The van der Waals surface area contributed by atoms with Gasteiger partial charge >= 0.3 is 17.8 Å². The van der Waals surface area contributed by atoms with Gasteiger partial charge in [0.1, 0.15) is 0 Å². The smallest absolute Gasteiger partial charge is 0.442 e. The zero-order valence-electron chi connectivity index (χ0n) is 37.7. The van der Waals surface area contributed by atoms with Crippen LogP contribution < -0.4 is 10.6 Å². The Balaban J connectivity index is 0.985. The largest absolute Gasteiger partial charge is 0.465 e. The van der Waals surface area contributed by atoms with E-state index >= 15 is 0 Å². The number of carbonyl (C=O) groups excluding carboxylic acids is 2. The van der Waals surface area contributed by atoms with Crippen LogP contribution in [0.2, 0.25) is 0 Å². The number of halogens is 3. The highest BCUT2D eigenvalue weighted by Gasteiger charge is 2.71. The monoisotopic (exact) mass is 893 g/mol. The summed E-state index contributed by atoms with van der Waals surface area (Å²) in [6, 6.07) is 13.4. The minimum atomic E-state index is -4.64. The molecule has 0 unspecified atom stereocenters. The van der Waals surface area contributed by atoms with Gasteiger partial charge in [0, 0.05) is 54.8 Å². The second-order valence-electron chi connectivity index (χ2n) is 21.5. The van der Waals surface area contributed by atoms with Gasteiger partial charge in [-0.15, -0.1) is 10.2 Å². The Hall–Kier alpha value is -3.30. The molecule has 2 heterocycles. The van der Waals surface area contributed by atoms with E-state index in [0.717, 1.165) is 76.4 Å². The minimum absolute atomic E-state index is 0.0109. The second kappa shape index (κ2) is 15.4. The molecule has 1 saturated heterocycles. The first kappa shape index (κ1) is 44.9. The number of allylic oxidation sites excluding steroid dienone is 2. The topological polar surface area (TPSA) is 136 Å². The number of fused-ring (bicyclic) bond motifs is 7. The summed E-state index contributed by atoms with van der Waals surface area (Å²) in [5, 5.41) is 14.2. The van der Waals surface area contributed by atoms with Crippen LogP contribution in [0.25, 0.3) is 5.57 Å². The standard InChI is InChI=1S/C49H66F3N5O5S/c1-43(2)35(31-7-9-33(10-8-31)42(59)62-6)17-20-44(3)38(43)19-21-46(5)39(44)16-15-36-40-37(54-41(58)32-11-13-34(14-12-32)48(55-56-48)49(50,51)52)18-22-47(40,24-23-45(36,46)4)53-25-26-57-27-29-63(60,61)30-28-57/h7-14,17,36-40,53,60-61H,15-16,18-30H2,1-6H3,(H,54,58)/t36-,37-,38+,39-,40+,44+,45-,46-,47+/m1/s1. The van der Waals surface area contributed by atoms with Gasteiger partial charge in [0.15, 0.2) is 0 Å². The number of methoxy groups -OCH3 is 1. The van der Waals surface area contributed by atoms with Gasteiger partial charge in [-0.1, -0.05) is 65.0 Å². The normalized spacial score (nSPS) is 37.9. The quantitative estimate of drug-likeness (QED) is 0.184. The van der Waals surface area contributed by atoms with Crippen molar-refractivity contribution in [2.45, 2.75) is 116 Å². The van der Waals surface area contributed by atoms with Crippen LogP contribution in [0, 0.1) is 45.3 Å². The molecule has 5 aliphatic carbocycles. The predicted molar refractivity (Wildman–Crippen MR) is 239 cm³/mol. The molecule has 14 heteroatoms. The van der Waals surface area contributed by atoms with Crippen molar-refractivity contribution in [3.63, 3.8) is 0 Å². The summed E-state index contributed by atoms with van der Waals surface area (Å²) in [4.78, 5) is 28.7. The van der Waals surface area contributed by atoms with Gasteiger partial charge in [-0.3, -0.25) is 18.8 Å². The van der Waals surface area contributed by atoms with Crippen molar-refractivity contribution in [3.8, 4) is 0 Å². The van der Waals surface area contributed by atoms with Crippen molar-refractivity contribution in [3.05, 3.63) is 76.9 Å². The van der Waals surface area contributed by atoms with E-state index < -0.39 is 22.4 Å². The van der Waals surface area contributed by atoms with E-state index in [0.29, 0.717) is 53.5 Å². The molecule has 63 heavy (non-hydrogen) atoms. The van der Waals surface area contributed by atoms with Crippen LogP contribution in [0.15, 0.2) is 64.8 Å². The summed E-state index contributed by atoms with van der Waals surface area (Å²) in [6.07, 6.45) is 7.12. The maximum absolute atomic E-state index is 14.1. The number of ether oxygens (including phenoxy) is 1. The Bertz CT molecular complexity index is 2170. The molecule has 9 atom stereocenters. The lowest BCUT2D eigenvalue weighted by Crippen LogP contribution is -2.69. The van der Waals surface area contributed by atoms with Gasteiger partial charge in [0.05, 0.1) is 24.2 Å². The lowest BCUT2D eigenvalue weighted by molar-refractivity contribution is -0.218. The van der Waals surface area contributed by atoms with Crippen LogP contribution >= 0.6 is 10.6 Å². The van der Waals surface area contributed by atoms with Gasteiger partial charge in [-0.2, -0.15) is 23.8 Å². The molecule has 1 amide bonds. The highest BCUT2D eigenvalue weighted by Crippen LogP contribution is 2.76. The van der Waals surface area contributed by atoms with Crippen LogP contribution in [0.3, 0.4) is 0 Å². The average Bonchev–Trinajstić information content (AvgIpc) is 4.00. The van der Waals surface area contributed by atoms with Crippen LogP contribution in [0.1, 0.15) is 124 Å². The molecule has 0 bridgehead atoms. The van der Waals surface area contributed by atoms with E-state index in [1.165, 1.54) is 36.9 Å². The summed E-state index contributed by atoms with van der Waals surface area (Å²) in [7, 11) is -1.08. The van der Waals surface area contributed by atoms with Gasteiger partial charge in [-0.25, -0.2) is 4.79 Å². The Labute approximate surface area is 372 Å². The summed E-state index contributed by atoms with van der Waals surface area (Å²) in [5.74, 6) is 1.71. The fourth-order valence-corrected chi connectivity index (χ4v) is 16.4. The number of nitrogens with one attached hydrogen (secondary N) is 2. The molecule has 2 aromatic rings. The van der Waals surface area contributed by atoms with Crippen molar-refractivity contribution >= 4 is 28.0 Å². The third-order valence-electron chi connectivity index (χ3n) is 18.6. The van der Waals surface area contributed by atoms with Crippen molar-refractivity contribution in [2.75, 3.05) is 44.8 Å². The Morgan fingerprint density at radius 3 is 2.14 bits per heavy atom. The number of benzene rings is 2. The van der Waals surface area contributed by atoms with E-state index in [2.05, 4.69) is 78.6 Å². The highest BCUT2D eigenvalue weighted by atomic mass is 32.3. The first-order valence-electron chi connectivity index (χ1n) is 23.2. The highest BCUT2D eigenvalue weighted by molar-refractivity contribution is 8.24. The SMILES string of the molecule is COC(=O)c1ccc(C2=CC[C@]3(C)[C@H]4CC[C@@H]5[C@H]6[C@H](NC(=O)c7ccc(C8(C(F)(F)F)N=N8)cc7)CC[C@]6(NCCN6CCS(O)(O)CC6)CC[C@@]5(C)[C@]4(C)CC[C@H]3C2(C)C)cc1. The molecule has 5 fully saturated rings. The van der Waals surface area contributed by atoms with E-state index in [1.54, 1.807) is 0 Å². The van der Waals surface area contributed by atoms with Gasteiger partial charge in [0.25, 0.3) is 5.91 Å².